The van der Waals surface area contributed by atoms with Gasteiger partial charge in [0.25, 0.3) is 5.91 Å². The van der Waals surface area contributed by atoms with Crippen molar-refractivity contribution in [3.8, 4) is 16.9 Å². The van der Waals surface area contributed by atoms with Crippen LogP contribution in [0.1, 0.15) is 29.1 Å². The number of nitrogens with zero attached hydrogens (tertiary/aromatic N) is 5. The highest BCUT2D eigenvalue weighted by Gasteiger charge is 2.15. The number of hydrogen-bond acceptors (Lipinski definition) is 5. The first-order valence-electron chi connectivity index (χ1n) is 8.45. The second kappa shape index (κ2) is 7.20. The molecule has 0 radical (unpaired) electrons. The van der Waals surface area contributed by atoms with E-state index in [0.717, 1.165) is 16.9 Å². The molecule has 1 amide bonds. The maximum Gasteiger partial charge on any atom is 0.251 e. The largest absolute Gasteiger partial charge is 0.342 e. The fourth-order valence-corrected chi connectivity index (χ4v) is 2.71. The van der Waals surface area contributed by atoms with Gasteiger partial charge in [-0.1, -0.05) is 30.3 Å². The standard InChI is InChI=1S/C19H17N7O/c1-13(18-20-11-17(23-18)14-5-3-2-4-6-14)22-19(27)15-7-9-16(10-8-15)26-12-21-24-25-26/h2-13H,1H3,(H,20,23)(H,22,27)/t13-/m0/s1. The van der Waals surface area contributed by atoms with Crippen LogP contribution in [0.2, 0.25) is 0 Å². The monoisotopic (exact) mass is 359 g/mol. The molecular formula is C19H17N7O. The van der Waals surface area contributed by atoms with Crippen LogP contribution in [0.15, 0.2) is 67.1 Å². The molecule has 2 aromatic heterocycles. The first-order valence-corrected chi connectivity index (χ1v) is 8.45. The highest BCUT2D eigenvalue weighted by Crippen LogP contribution is 2.19. The number of carbonyl (C=O) groups excluding carboxylic acids is 1. The Bertz CT molecular complexity index is 1020. The lowest BCUT2D eigenvalue weighted by atomic mass is 10.1. The fourth-order valence-electron chi connectivity index (χ4n) is 2.71. The zero-order valence-corrected chi connectivity index (χ0v) is 14.6. The second-order valence-electron chi connectivity index (χ2n) is 6.04. The molecule has 0 aliphatic heterocycles. The van der Waals surface area contributed by atoms with Crippen molar-refractivity contribution in [2.45, 2.75) is 13.0 Å². The van der Waals surface area contributed by atoms with E-state index >= 15 is 0 Å². The number of hydrogen-bond donors (Lipinski definition) is 2. The molecule has 134 valence electrons. The number of tetrazole rings is 1. The van der Waals surface area contributed by atoms with Crippen LogP contribution in [0.25, 0.3) is 16.9 Å². The summed E-state index contributed by atoms with van der Waals surface area (Å²) in [6.07, 6.45) is 3.27. The summed E-state index contributed by atoms with van der Waals surface area (Å²) in [5.74, 6) is 0.524. The molecular weight excluding hydrogens is 342 g/mol. The Morgan fingerprint density at radius 2 is 1.89 bits per heavy atom. The van der Waals surface area contributed by atoms with Gasteiger partial charge in [-0.15, -0.1) is 5.10 Å². The molecule has 2 heterocycles. The van der Waals surface area contributed by atoms with Crippen molar-refractivity contribution in [1.29, 1.82) is 0 Å². The Labute approximate surface area is 155 Å². The van der Waals surface area contributed by atoms with Gasteiger partial charge >= 0.3 is 0 Å². The molecule has 0 aliphatic rings. The molecule has 8 heteroatoms. The van der Waals surface area contributed by atoms with Gasteiger partial charge in [-0.25, -0.2) is 9.67 Å². The van der Waals surface area contributed by atoms with E-state index in [2.05, 4.69) is 30.8 Å². The predicted octanol–water partition coefficient (Wildman–Crippen LogP) is 2.54. The van der Waals surface area contributed by atoms with Gasteiger partial charge in [-0.3, -0.25) is 4.79 Å². The van der Waals surface area contributed by atoms with Crippen LogP contribution in [-0.2, 0) is 0 Å². The van der Waals surface area contributed by atoms with Crippen molar-refractivity contribution in [2.24, 2.45) is 0 Å². The Morgan fingerprint density at radius 3 is 2.59 bits per heavy atom. The summed E-state index contributed by atoms with van der Waals surface area (Å²) in [6.45, 7) is 1.89. The smallest absolute Gasteiger partial charge is 0.251 e. The Morgan fingerprint density at radius 1 is 1.11 bits per heavy atom. The quantitative estimate of drug-likeness (QED) is 0.570. The molecule has 0 spiro atoms. The van der Waals surface area contributed by atoms with Crippen LogP contribution < -0.4 is 5.32 Å². The molecule has 0 unspecified atom stereocenters. The van der Waals surface area contributed by atoms with E-state index in [4.69, 9.17) is 0 Å². The molecule has 0 aliphatic carbocycles. The number of aromatic nitrogens is 6. The Kier molecular flexibility index (Phi) is 4.44. The average Bonchev–Trinajstić information content (AvgIpc) is 3.41. The third-order valence-corrected chi connectivity index (χ3v) is 4.18. The third-order valence-electron chi connectivity index (χ3n) is 4.18. The van der Waals surface area contributed by atoms with Crippen LogP contribution in [-0.4, -0.2) is 36.1 Å². The first kappa shape index (κ1) is 16.6. The molecule has 27 heavy (non-hydrogen) atoms. The van der Waals surface area contributed by atoms with Crippen LogP contribution in [0, 0.1) is 0 Å². The molecule has 0 saturated heterocycles. The fraction of sp³-hybridized carbons (Fsp3) is 0.105. The van der Waals surface area contributed by atoms with Crippen molar-refractivity contribution >= 4 is 5.91 Å². The van der Waals surface area contributed by atoms with Crippen molar-refractivity contribution in [3.63, 3.8) is 0 Å². The van der Waals surface area contributed by atoms with E-state index in [1.807, 2.05) is 37.3 Å². The maximum atomic E-state index is 12.5. The van der Waals surface area contributed by atoms with E-state index in [9.17, 15) is 4.79 Å². The lowest BCUT2D eigenvalue weighted by Gasteiger charge is -2.12. The van der Waals surface area contributed by atoms with E-state index < -0.39 is 0 Å². The highest BCUT2D eigenvalue weighted by molar-refractivity contribution is 5.94. The van der Waals surface area contributed by atoms with Gasteiger partial charge in [0.2, 0.25) is 0 Å². The lowest BCUT2D eigenvalue weighted by molar-refractivity contribution is 0.0938. The summed E-state index contributed by atoms with van der Waals surface area (Å²) in [6, 6.07) is 16.7. The SMILES string of the molecule is C[C@H](NC(=O)c1ccc(-n2cnnn2)cc1)c1ncc(-c2ccccc2)[nH]1. The van der Waals surface area contributed by atoms with Crippen molar-refractivity contribution in [2.75, 3.05) is 0 Å². The minimum Gasteiger partial charge on any atom is -0.342 e. The van der Waals surface area contributed by atoms with Crippen molar-refractivity contribution in [1.82, 2.24) is 35.5 Å². The molecule has 2 aromatic carbocycles. The zero-order valence-electron chi connectivity index (χ0n) is 14.6. The van der Waals surface area contributed by atoms with Gasteiger partial charge in [-0.05, 0) is 47.2 Å². The molecule has 4 rings (SSSR count). The van der Waals surface area contributed by atoms with E-state index in [0.29, 0.717) is 11.4 Å². The minimum atomic E-state index is -0.255. The number of aromatic amines is 1. The summed E-state index contributed by atoms with van der Waals surface area (Å²) in [4.78, 5) is 20.2. The Balaban J connectivity index is 1.44. The number of carbonyl (C=O) groups is 1. The van der Waals surface area contributed by atoms with Crippen molar-refractivity contribution in [3.05, 3.63) is 78.5 Å². The van der Waals surface area contributed by atoms with Crippen LogP contribution >= 0.6 is 0 Å². The molecule has 4 aromatic rings. The van der Waals surface area contributed by atoms with Gasteiger partial charge in [0.1, 0.15) is 12.2 Å². The molecule has 1 atom stereocenters. The van der Waals surface area contributed by atoms with Crippen LogP contribution in [0.4, 0.5) is 0 Å². The summed E-state index contributed by atoms with van der Waals surface area (Å²) in [7, 11) is 0. The molecule has 0 saturated carbocycles. The second-order valence-corrected chi connectivity index (χ2v) is 6.04. The normalized spacial score (nSPS) is 11.9. The highest BCUT2D eigenvalue weighted by atomic mass is 16.1. The van der Waals surface area contributed by atoms with E-state index in [1.165, 1.54) is 11.0 Å². The lowest BCUT2D eigenvalue weighted by Crippen LogP contribution is -2.27. The van der Waals surface area contributed by atoms with Gasteiger partial charge < -0.3 is 10.3 Å². The van der Waals surface area contributed by atoms with Gasteiger partial charge in [-0.2, -0.15) is 0 Å². The molecule has 8 nitrogen and oxygen atoms in total. The summed E-state index contributed by atoms with van der Waals surface area (Å²) in [5.41, 5.74) is 3.29. The van der Waals surface area contributed by atoms with Gasteiger partial charge in [0, 0.05) is 5.56 Å². The van der Waals surface area contributed by atoms with Crippen molar-refractivity contribution < 1.29 is 4.79 Å². The van der Waals surface area contributed by atoms with Gasteiger partial charge in [0.15, 0.2) is 0 Å². The summed E-state index contributed by atoms with van der Waals surface area (Å²) < 4.78 is 1.53. The predicted molar refractivity (Wildman–Crippen MR) is 99.1 cm³/mol. The van der Waals surface area contributed by atoms with Crippen LogP contribution in [0.3, 0.4) is 0 Å². The number of imidazole rings is 1. The average molecular weight is 359 g/mol. The van der Waals surface area contributed by atoms with E-state index in [-0.39, 0.29) is 11.9 Å². The molecule has 0 bridgehead atoms. The van der Waals surface area contributed by atoms with Crippen LogP contribution in [0.5, 0.6) is 0 Å². The third kappa shape index (κ3) is 3.59. The zero-order chi connectivity index (χ0) is 18.6. The Hall–Kier alpha value is -3.81. The van der Waals surface area contributed by atoms with Gasteiger partial charge in [0.05, 0.1) is 23.6 Å². The number of H-pyrrole nitrogens is 1. The molecule has 2 N–H and O–H groups in total. The number of rotatable bonds is 5. The minimum absolute atomic E-state index is 0.177. The number of nitrogens with one attached hydrogen (secondary N) is 2. The number of benzene rings is 2. The topological polar surface area (TPSA) is 101 Å². The van der Waals surface area contributed by atoms with E-state index in [1.54, 1.807) is 30.5 Å². The number of amides is 1. The molecule has 0 fully saturated rings. The summed E-state index contributed by atoms with van der Waals surface area (Å²) >= 11 is 0. The first-order chi connectivity index (χ1) is 13.2. The summed E-state index contributed by atoms with van der Waals surface area (Å²) in [5, 5.41) is 14.0. The maximum absolute atomic E-state index is 12.5.